The van der Waals surface area contributed by atoms with Crippen LogP contribution in [0.4, 0.5) is 0 Å². The third-order valence-electron chi connectivity index (χ3n) is 5.97. The summed E-state index contributed by atoms with van der Waals surface area (Å²) in [5, 5.41) is 6.79. The van der Waals surface area contributed by atoms with E-state index in [2.05, 4.69) is 21.0 Å². The Morgan fingerprint density at radius 1 is 0.914 bits per heavy atom. The van der Waals surface area contributed by atoms with Crippen molar-refractivity contribution in [2.75, 3.05) is 13.1 Å². The Balaban J connectivity index is 1.25. The zero-order valence-electron chi connectivity index (χ0n) is 19.4. The molecule has 0 aliphatic carbocycles. The number of H-pyrrole nitrogens is 1. The van der Waals surface area contributed by atoms with Gasteiger partial charge in [-0.15, -0.1) is 0 Å². The second-order valence-corrected chi connectivity index (χ2v) is 10.4. The number of rotatable bonds is 7. The molecule has 1 aromatic heterocycles. The van der Waals surface area contributed by atoms with E-state index in [1.165, 1.54) is 0 Å². The van der Waals surface area contributed by atoms with Crippen LogP contribution < -0.4 is 10.9 Å². The number of benzene rings is 2. The van der Waals surface area contributed by atoms with Crippen LogP contribution in [0.3, 0.4) is 0 Å². The van der Waals surface area contributed by atoms with Crippen molar-refractivity contribution in [1.82, 2.24) is 25.4 Å². The van der Waals surface area contributed by atoms with Crippen LogP contribution in [0.1, 0.15) is 48.2 Å². The van der Waals surface area contributed by atoms with Crippen molar-refractivity contribution in [3.05, 3.63) is 71.9 Å². The van der Waals surface area contributed by atoms with E-state index in [0.717, 1.165) is 36.8 Å². The SMILES string of the molecule is O=C(CCc1ccc(S(=O)(=O)N2CCCCCC2)cc1)NNC(=O)c1cc(-c2ccccc2)n[nH]1. The molecule has 1 aliphatic rings. The minimum Gasteiger partial charge on any atom is -0.273 e. The van der Waals surface area contributed by atoms with Crippen LogP contribution in [0.2, 0.25) is 0 Å². The lowest BCUT2D eigenvalue weighted by molar-refractivity contribution is -0.121. The van der Waals surface area contributed by atoms with Crippen molar-refractivity contribution < 1.29 is 18.0 Å². The first-order valence-corrected chi connectivity index (χ1v) is 13.2. The quantitative estimate of drug-likeness (QED) is 0.435. The summed E-state index contributed by atoms with van der Waals surface area (Å²) in [6.07, 6.45) is 4.44. The highest BCUT2D eigenvalue weighted by Gasteiger charge is 2.24. The van der Waals surface area contributed by atoms with Gasteiger partial charge in [0.2, 0.25) is 15.9 Å². The molecule has 2 aromatic carbocycles. The fourth-order valence-electron chi connectivity index (χ4n) is 3.97. The molecule has 35 heavy (non-hydrogen) atoms. The van der Waals surface area contributed by atoms with Crippen LogP contribution in [0, 0.1) is 0 Å². The highest BCUT2D eigenvalue weighted by atomic mass is 32.2. The zero-order chi connectivity index (χ0) is 24.7. The highest BCUT2D eigenvalue weighted by molar-refractivity contribution is 7.89. The van der Waals surface area contributed by atoms with Gasteiger partial charge in [-0.05, 0) is 43.0 Å². The van der Waals surface area contributed by atoms with Crippen molar-refractivity contribution in [3.8, 4) is 11.3 Å². The van der Waals surface area contributed by atoms with Crippen molar-refractivity contribution >= 4 is 21.8 Å². The molecule has 0 unspecified atom stereocenters. The molecule has 0 saturated carbocycles. The monoisotopic (exact) mass is 495 g/mol. The lowest BCUT2D eigenvalue weighted by Crippen LogP contribution is -2.41. The molecule has 2 heterocycles. The van der Waals surface area contributed by atoms with Gasteiger partial charge in [-0.1, -0.05) is 55.3 Å². The van der Waals surface area contributed by atoms with Crippen molar-refractivity contribution in [2.24, 2.45) is 0 Å². The van der Waals surface area contributed by atoms with Crippen LogP contribution in [-0.4, -0.2) is 47.8 Å². The number of nitrogens with one attached hydrogen (secondary N) is 3. The maximum Gasteiger partial charge on any atom is 0.287 e. The van der Waals surface area contributed by atoms with E-state index < -0.39 is 15.9 Å². The zero-order valence-corrected chi connectivity index (χ0v) is 20.2. The number of nitrogens with zero attached hydrogens (tertiary/aromatic N) is 2. The van der Waals surface area contributed by atoms with Crippen LogP contribution >= 0.6 is 0 Å². The number of aryl methyl sites for hydroxylation is 1. The van der Waals surface area contributed by atoms with Crippen molar-refractivity contribution in [3.63, 3.8) is 0 Å². The van der Waals surface area contributed by atoms with Gasteiger partial charge in [0.1, 0.15) is 5.69 Å². The van der Waals surface area contributed by atoms with Gasteiger partial charge in [-0.25, -0.2) is 8.42 Å². The Kier molecular flexibility index (Phi) is 7.94. The molecule has 0 spiro atoms. The Morgan fingerprint density at radius 3 is 2.29 bits per heavy atom. The van der Waals surface area contributed by atoms with Crippen LogP contribution in [0.5, 0.6) is 0 Å². The molecule has 0 radical (unpaired) electrons. The molecule has 9 nitrogen and oxygen atoms in total. The minimum atomic E-state index is -3.50. The summed E-state index contributed by atoms with van der Waals surface area (Å²) in [6, 6.07) is 17.7. The molecule has 184 valence electrons. The number of aromatic nitrogens is 2. The molecule has 3 N–H and O–H groups in total. The predicted octanol–water partition coefficient (Wildman–Crippen LogP) is 3.04. The topological polar surface area (TPSA) is 124 Å². The van der Waals surface area contributed by atoms with E-state index in [-0.39, 0.29) is 22.9 Å². The van der Waals surface area contributed by atoms with Gasteiger partial charge in [0.15, 0.2) is 0 Å². The van der Waals surface area contributed by atoms with Gasteiger partial charge in [0.25, 0.3) is 5.91 Å². The Hall–Kier alpha value is -3.50. The Morgan fingerprint density at radius 2 is 1.60 bits per heavy atom. The Labute approximate surface area is 204 Å². The Bertz CT molecular complexity index is 1250. The number of hydrogen-bond acceptors (Lipinski definition) is 5. The lowest BCUT2D eigenvalue weighted by Gasteiger charge is -2.20. The molecule has 3 aromatic rings. The maximum absolute atomic E-state index is 12.9. The molecule has 1 fully saturated rings. The molecule has 2 amide bonds. The number of hydrogen-bond donors (Lipinski definition) is 3. The summed E-state index contributed by atoms with van der Waals surface area (Å²) in [7, 11) is -3.50. The number of sulfonamides is 1. The summed E-state index contributed by atoms with van der Waals surface area (Å²) in [5.74, 6) is -0.862. The smallest absolute Gasteiger partial charge is 0.273 e. The summed E-state index contributed by atoms with van der Waals surface area (Å²) in [6.45, 7) is 1.12. The number of carbonyl (C=O) groups excluding carboxylic acids is 2. The van der Waals surface area contributed by atoms with Gasteiger partial charge in [-0.2, -0.15) is 9.40 Å². The minimum absolute atomic E-state index is 0.136. The highest BCUT2D eigenvalue weighted by Crippen LogP contribution is 2.21. The predicted molar refractivity (Wildman–Crippen MR) is 132 cm³/mol. The van der Waals surface area contributed by atoms with E-state index in [0.29, 0.717) is 25.2 Å². The van der Waals surface area contributed by atoms with Crippen molar-refractivity contribution in [2.45, 2.75) is 43.4 Å². The number of amides is 2. The largest absolute Gasteiger partial charge is 0.287 e. The van der Waals surface area contributed by atoms with Gasteiger partial charge < -0.3 is 0 Å². The summed E-state index contributed by atoms with van der Waals surface area (Å²) in [5.41, 5.74) is 7.33. The molecule has 0 bridgehead atoms. The van der Waals surface area contributed by atoms with Gasteiger partial charge in [-0.3, -0.25) is 25.5 Å². The first-order valence-electron chi connectivity index (χ1n) is 11.7. The van der Waals surface area contributed by atoms with Gasteiger partial charge >= 0.3 is 0 Å². The molecule has 4 rings (SSSR count). The van der Waals surface area contributed by atoms with Gasteiger partial charge in [0, 0.05) is 25.1 Å². The normalized spacial score (nSPS) is 14.7. The summed E-state index contributed by atoms with van der Waals surface area (Å²) < 4.78 is 27.3. The molecular weight excluding hydrogens is 466 g/mol. The summed E-state index contributed by atoms with van der Waals surface area (Å²) >= 11 is 0. The first kappa shape index (κ1) is 24.6. The van der Waals surface area contributed by atoms with E-state index in [1.807, 2.05) is 30.3 Å². The molecule has 10 heteroatoms. The molecule has 1 saturated heterocycles. The van der Waals surface area contributed by atoms with Crippen molar-refractivity contribution in [1.29, 1.82) is 0 Å². The average molecular weight is 496 g/mol. The number of carbonyl (C=O) groups is 2. The maximum atomic E-state index is 12.9. The second-order valence-electron chi connectivity index (χ2n) is 8.50. The number of hydrazine groups is 1. The number of aromatic amines is 1. The second kappa shape index (κ2) is 11.3. The fourth-order valence-corrected chi connectivity index (χ4v) is 5.49. The molecule has 0 atom stereocenters. The van der Waals surface area contributed by atoms with E-state index in [9.17, 15) is 18.0 Å². The molecular formula is C25H29N5O4S. The van der Waals surface area contributed by atoms with Crippen LogP contribution in [0.15, 0.2) is 65.6 Å². The third-order valence-corrected chi connectivity index (χ3v) is 7.89. The van der Waals surface area contributed by atoms with E-state index in [4.69, 9.17) is 0 Å². The average Bonchev–Trinajstić information content (AvgIpc) is 3.21. The lowest BCUT2D eigenvalue weighted by atomic mass is 10.1. The van der Waals surface area contributed by atoms with Crippen LogP contribution in [-0.2, 0) is 21.2 Å². The van der Waals surface area contributed by atoms with Crippen LogP contribution in [0.25, 0.3) is 11.3 Å². The summed E-state index contributed by atoms with van der Waals surface area (Å²) in [4.78, 5) is 24.8. The first-order chi connectivity index (χ1) is 16.9. The van der Waals surface area contributed by atoms with E-state index >= 15 is 0 Å². The third kappa shape index (κ3) is 6.34. The molecule has 1 aliphatic heterocycles. The van der Waals surface area contributed by atoms with Gasteiger partial charge in [0.05, 0.1) is 10.6 Å². The van der Waals surface area contributed by atoms with E-state index in [1.54, 1.807) is 34.6 Å². The fraction of sp³-hybridized carbons (Fsp3) is 0.320. The standard InChI is InChI=1S/C25H29N5O4S/c31-24(28-29-25(32)23-18-22(26-27-23)20-8-4-3-5-9-20)15-12-19-10-13-21(14-11-19)35(33,34)30-16-6-1-2-7-17-30/h3-5,8-11,13-14,18H,1-2,6-7,12,15-17H2,(H,26,27)(H,28,31)(H,29,32).